The lowest BCUT2D eigenvalue weighted by Gasteiger charge is -2.05. The molecule has 0 radical (unpaired) electrons. The predicted octanol–water partition coefficient (Wildman–Crippen LogP) is 3.44. The normalized spacial score (nSPS) is 10.9. The van der Waals surface area contributed by atoms with E-state index in [9.17, 15) is 9.18 Å². The molecule has 1 amide bonds. The second-order valence-electron chi connectivity index (χ2n) is 5.63. The molecule has 1 aromatic heterocycles. The minimum atomic E-state index is -0.328. The van der Waals surface area contributed by atoms with Crippen molar-refractivity contribution < 1.29 is 13.7 Å². The zero-order valence-electron chi connectivity index (χ0n) is 13.0. The summed E-state index contributed by atoms with van der Waals surface area (Å²) < 4.78 is 18.9. The van der Waals surface area contributed by atoms with Crippen LogP contribution in [0.4, 0.5) is 4.39 Å². The van der Waals surface area contributed by atoms with Crippen molar-refractivity contribution in [3.63, 3.8) is 0 Å². The lowest BCUT2D eigenvalue weighted by molar-refractivity contribution is -0.120. The van der Waals surface area contributed by atoms with Crippen molar-refractivity contribution in [3.05, 3.63) is 64.6 Å². The highest BCUT2D eigenvalue weighted by Crippen LogP contribution is 2.24. The predicted molar refractivity (Wildman–Crippen MR) is 85.4 cm³/mol. The number of amides is 1. The van der Waals surface area contributed by atoms with E-state index in [1.807, 2.05) is 26.0 Å². The van der Waals surface area contributed by atoms with Crippen molar-refractivity contribution in [2.75, 3.05) is 0 Å². The highest BCUT2D eigenvalue weighted by atomic mass is 19.1. The molecule has 0 unspecified atom stereocenters. The molecule has 23 heavy (non-hydrogen) atoms. The van der Waals surface area contributed by atoms with Crippen molar-refractivity contribution in [1.29, 1.82) is 0 Å². The third-order valence-corrected chi connectivity index (χ3v) is 3.74. The highest BCUT2D eigenvalue weighted by Gasteiger charge is 2.14. The number of nitrogens with zero attached hydrogens (tertiary/aromatic N) is 1. The monoisotopic (exact) mass is 312 g/mol. The molecule has 0 fully saturated rings. The van der Waals surface area contributed by atoms with Crippen LogP contribution in [0.5, 0.6) is 0 Å². The molecule has 4 nitrogen and oxygen atoms in total. The average Bonchev–Trinajstić information content (AvgIpc) is 2.89. The van der Waals surface area contributed by atoms with E-state index in [1.165, 1.54) is 6.07 Å². The molecule has 0 aliphatic carbocycles. The molecule has 0 bridgehead atoms. The third-order valence-electron chi connectivity index (χ3n) is 3.74. The van der Waals surface area contributed by atoms with Crippen LogP contribution in [-0.2, 0) is 17.8 Å². The first-order valence-corrected chi connectivity index (χ1v) is 7.40. The second kappa shape index (κ2) is 6.20. The van der Waals surface area contributed by atoms with E-state index >= 15 is 0 Å². The van der Waals surface area contributed by atoms with Crippen molar-refractivity contribution in [2.45, 2.75) is 26.8 Å². The summed E-state index contributed by atoms with van der Waals surface area (Å²) in [4.78, 5) is 12.1. The Hall–Kier alpha value is -2.69. The van der Waals surface area contributed by atoms with Crippen molar-refractivity contribution in [1.82, 2.24) is 10.5 Å². The van der Waals surface area contributed by atoms with Gasteiger partial charge in [0.25, 0.3) is 0 Å². The minimum Gasteiger partial charge on any atom is -0.356 e. The van der Waals surface area contributed by atoms with Gasteiger partial charge in [0.2, 0.25) is 5.91 Å². The maximum absolute atomic E-state index is 13.5. The molecule has 2 aromatic carbocycles. The van der Waals surface area contributed by atoms with Crippen LogP contribution < -0.4 is 5.32 Å². The number of halogens is 1. The summed E-state index contributed by atoms with van der Waals surface area (Å²) >= 11 is 0. The molecule has 5 heteroatoms. The number of hydrogen-bond acceptors (Lipinski definition) is 3. The first kappa shape index (κ1) is 15.2. The summed E-state index contributed by atoms with van der Waals surface area (Å²) in [6.07, 6.45) is 0.102. The Morgan fingerprint density at radius 3 is 2.83 bits per heavy atom. The van der Waals surface area contributed by atoms with E-state index in [2.05, 4.69) is 10.5 Å². The van der Waals surface area contributed by atoms with Crippen molar-refractivity contribution >= 4 is 16.9 Å². The lowest BCUT2D eigenvalue weighted by atomic mass is 10.1. The Morgan fingerprint density at radius 2 is 2.04 bits per heavy atom. The molecule has 1 N–H and O–H groups in total. The van der Waals surface area contributed by atoms with Crippen LogP contribution in [0.3, 0.4) is 0 Å². The van der Waals surface area contributed by atoms with Gasteiger partial charge < -0.3 is 9.84 Å². The van der Waals surface area contributed by atoms with Gasteiger partial charge in [-0.1, -0.05) is 29.4 Å². The molecule has 0 aliphatic heterocycles. The smallest absolute Gasteiger partial charge is 0.226 e. The minimum absolute atomic E-state index is 0.102. The molecule has 0 saturated heterocycles. The molecule has 0 aliphatic rings. The summed E-state index contributed by atoms with van der Waals surface area (Å²) in [5.41, 5.74) is 3.83. The Labute approximate surface area is 133 Å². The zero-order valence-corrected chi connectivity index (χ0v) is 13.0. The average molecular weight is 312 g/mol. The number of hydrogen-bond donors (Lipinski definition) is 1. The van der Waals surface area contributed by atoms with E-state index in [0.717, 1.165) is 16.5 Å². The van der Waals surface area contributed by atoms with Crippen LogP contribution >= 0.6 is 0 Å². The number of aromatic nitrogens is 1. The van der Waals surface area contributed by atoms with Gasteiger partial charge in [-0.2, -0.15) is 0 Å². The lowest BCUT2D eigenvalue weighted by Crippen LogP contribution is -2.25. The first-order chi connectivity index (χ1) is 11.0. The Balaban J connectivity index is 1.72. The number of rotatable bonds is 4. The van der Waals surface area contributed by atoms with Gasteiger partial charge in [-0.05, 0) is 37.1 Å². The van der Waals surface area contributed by atoms with Gasteiger partial charge in [-0.25, -0.2) is 4.39 Å². The number of carbonyl (C=O) groups excluding carboxylic acids is 1. The van der Waals surface area contributed by atoms with Gasteiger partial charge in [0.05, 0.1) is 6.42 Å². The van der Waals surface area contributed by atoms with Gasteiger partial charge >= 0.3 is 0 Å². The number of fused-ring (bicyclic) bond motifs is 1. The van der Waals surface area contributed by atoms with Crippen molar-refractivity contribution in [3.8, 4) is 0 Å². The van der Waals surface area contributed by atoms with Crippen LogP contribution in [0.15, 0.2) is 40.9 Å². The Morgan fingerprint density at radius 1 is 1.26 bits per heavy atom. The zero-order chi connectivity index (χ0) is 16.4. The number of benzene rings is 2. The van der Waals surface area contributed by atoms with E-state index < -0.39 is 0 Å². The standard InChI is InChI=1S/C18H17FN2O2/c1-11-7-12(2)18-14(8-11)16(21-23-18)9-17(22)20-10-13-5-3-4-6-15(13)19/h3-8H,9-10H2,1-2H3,(H,20,22). The molecule has 0 spiro atoms. The van der Waals surface area contributed by atoms with E-state index in [-0.39, 0.29) is 24.7 Å². The summed E-state index contributed by atoms with van der Waals surface area (Å²) in [6.45, 7) is 4.09. The molecular weight excluding hydrogens is 295 g/mol. The van der Waals surface area contributed by atoms with Crippen molar-refractivity contribution in [2.24, 2.45) is 0 Å². The van der Waals surface area contributed by atoms with Gasteiger partial charge in [-0.3, -0.25) is 4.79 Å². The summed E-state index contributed by atoms with van der Waals surface area (Å²) in [6, 6.07) is 10.3. The van der Waals surface area contributed by atoms with Gasteiger partial charge in [0, 0.05) is 17.5 Å². The second-order valence-corrected chi connectivity index (χ2v) is 5.63. The van der Waals surface area contributed by atoms with Gasteiger partial charge in [0.1, 0.15) is 11.5 Å². The summed E-state index contributed by atoms with van der Waals surface area (Å²) in [7, 11) is 0. The fourth-order valence-electron chi connectivity index (χ4n) is 2.62. The fraction of sp³-hybridized carbons (Fsp3) is 0.222. The topological polar surface area (TPSA) is 55.1 Å². The molecule has 3 rings (SSSR count). The molecule has 3 aromatic rings. The van der Waals surface area contributed by atoms with Gasteiger partial charge in [0.15, 0.2) is 5.58 Å². The largest absolute Gasteiger partial charge is 0.356 e. The molecule has 0 saturated carbocycles. The molecule has 1 heterocycles. The van der Waals surface area contributed by atoms with E-state index in [4.69, 9.17) is 4.52 Å². The molecule has 118 valence electrons. The fourth-order valence-corrected chi connectivity index (χ4v) is 2.62. The summed E-state index contributed by atoms with van der Waals surface area (Å²) in [5.74, 6) is -0.548. The van der Waals surface area contributed by atoms with E-state index in [0.29, 0.717) is 16.8 Å². The van der Waals surface area contributed by atoms with E-state index in [1.54, 1.807) is 18.2 Å². The van der Waals surface area contributed by atoms with Crippen LogP contribution in [-0.4, -0.2) is 11.1 Å². The van der Waals surface area contributed by atoms with Crippen LogP contribution in [0.25, 0.3) is 11.0 Å². The number of aryl methyl sites for hydroxylation is 2. The van der Waals surface area contributed by atoms with Gasteiger partial charge in [-0.15, -0.1) is 0 Å². The maximum atomic E-state index is 13.5. The Bertz CT molecular complexity index is 871. The van der Waals surface area contributed by atoms with Crippen LogP contribution in [0, 0.1) is 19.7 Å². The molecule has 0 atom stereocenters. The third kappa shape index (κ3) is 3.23. The molecular formula is C18H17FN2O2. The maximum Gasteiger partial charge on any atom is 0.226 e. The van der Waals surface area contributed by atoms with Crippen LogP contribution in [0.2, 0.25) is 0 Å². The SMILES string of the molecule is Cc1cc(C)c2onc(CC(=O)NCc3ccccc3F)c2c1. The highest BCUT2D eigenvalue weighted by molar-refractivity contribution is 5.88. The Kier molecular flexibility index (Phi) is 4.10. The quantitative estimate of drug-likeness (QED) is 0.803. The number of carbonyl (C=O) groups is 1. The first-order valence-electron chi connectivity index (χ1n) is 7.40. The summed E-state index contributed by atoms with van der Waals surface area (Å²) in [5, 5.41) is 7.56. The number of nitrogens with one attached hydrogen (secondary N) is 1. The van der Waals surface area contributed by atoms with Crippen LogP contribution in [0.1, 0.15) is 22.4 Å².